The Morgan fingerprint density at radius 3 is 2.26 bits per heavy atom. The van der Waals surface area contributed by atoms with Crippen molar-refractivity contribution in [2.45, 2.75) is 25.7 Å². The molecule has 2 aromatic rings. The van der Waals surface area contributed by atoms with E-state index in [0.717, 1.165) is 13.1 Å². The Hall–Kier alpha value is -2.12. The van der Waals surface area contributed by atoms with Crippen molar-refractivity contribution in [2.24, 2.45) is 5.41 Å². The maximum Gasteiger partial charge on any atom is 0.265 e. The van der Waals surface area contributed by atoms with Gasteiger partial charge >= 0.3 is 0 Å². The second-order valence-electron chi connectivity index (χ2n) is 7.64. The number of pyridine rings is 1. The van der Waals surface area contributed by atoms with Crippen LogP contribution in [0, 0.1) is 5.41 Å². The molecule has 0 spiro atoms. The number of hydrogen-bond donors (Lipinski definition) is 1. The van der Waals surface area contributed by atoms with Crippen molar-refractivity contribution in [3.05, 3.63) is 48.7 Å². The maximum atomic E-state index is 13.0. The summed E-state index contributed by atoms with van der Waals surface area (Å²) in [5.41, 5.74) is 0.718. The summed E-state index contributed by atoms with van der Waals surface area (Å²) in [7, 11) is 0.451. The van der Waals surface area contributed by atoms with Gasteiger partial charge in [0.05, 0.1) is 5.69 Å². The van der Waals surface area contributed by atoms with Crippen LogP contribution in [0.5, 0.6) is 0 Å². The predicted molar refractivity (Wildman–Crippen MR) is 112 cm³/mol. The zero-order chi connectivity index (χ0) is 20.1. The first-order valence-corrected chi connectivity index (χ1v) is 10.5. The monoisotopic (exact) mass is 390 g/mol. The number of nitrogens with one attached hydrogen (secondary N) is 1. The summed E-state index contributed by atoms with van der Waals surface area (Å²) in [6.07, 6.45) is 1.42. The molecule has 0 fully saturated rings. The Bertz CT molecular complexity index is 819. The smallest absolute Gasteiger partial charge is 0.265 e. The normalized spacial score (nSPS) is 12.2. The number of sulfonamides is 1. The first-order chi connectivity index (χ1) is 12.7. The fourth-order valence-corrected chi connectivity index (χ4v) is 4.51. The summed E-state index contributed by atoms with van der Waals surface area (Å²) in [4.78, 5) is 6.64. The van der Waals surface area contributed by atoms with Crippen LogP contribution in [0.3, 0.4) is 0 Å². The molecule has 0 bridgehead atoms. The van der Waals surface area contributed by atoms with E-state index in [2.05, 4.69) is 29.0 Å². The van der Waals surface area contributed by atoms with E-state index in [9.17, 15) is 8.42 Å². The van der Waals surface area contributed by atoms with Crippen molar-refractivity contribution < 1.29 is 8.42 Å². The number of rotatable bonds is 9. The van der Waals surface area contributed by atoms with Crippen LogP contribution >= 0.6 is 0 Å². The van der Waals surface area contributed by atoms with Crippen LogP contribution in [0.25, 0.3) is 0 Å². The molecule has 1 aromatic heterocycles. The Morgan fingerprint density at radius 1 is 1.07 bits per heavy atom. The summed E-state index contributed by atoms with van der Waals surface area (Å²) >= 11 is 0. The van der Waals surface area contributed by atoms with Gasteiger partial charge in [-0.15, -0.1) is 0 Å². The fraction of sp³-hybridized carbons (Fsp3) is 0.450. The topological polar surface area (TPSA) is 65.5 Å². The minimum absolute atomic E-state index is 0.0717. The van der Waals surface area contributed by atoms with Crippen molar-refractivity contribution in [1.82, 2.24) is 9.88 Å². The molecule has 2 rings (SSSR count). The lowest BCUT2D eigenvalue weighted by Gasteiger charge is -2.28. The third kappa shape index (κ3) is 5.68. The standard InChI is InChI=1S/C20H30N4O2S/c1-6-24(17-10-8-7-9-11-17)27(25,26)18-12-13-19(21-14-18)22-15-20(2,3)16-23(4)5/h7-14H,6,15-16H2,1-5H3,(H,21,22). The highest BCUT2D eigenvalue weighted by atomic mass is 32.2. The third-order valence-electron chi connectivity index (χ3n) is 4.15. The third-order valence-corrected chi connectivity index (χ3v) is 6.03. The van der Waals surface area contributed by atoms with E-state index in [-0.39, 0.29) is 10.3 Å². The number of nitrogens with zero attached hydrogens (tertiary/aromatic N) is 3. The molecule has 7 heteroatoms. The van der Waals surface area contributed by atoms with Gasteiger partial charge in [0.15, 0.2) is 0 Å². The molecule has 0 radical (unpaired) electrons. The van der Waals surface area contributed by atoms with Crippen molar-refractivity contribution in [3.63, 3.8) is 0 Å². The average Bonchev–Trinajstić information content (AvgIpc) is 2.61. The summed E-state index contributed by atoms with van der Waals surface area (Å²) in [6, 6.07) is 12.4. The zero-order valence-corrected chi connectivity index (χ0v) is 17.6. The molecule has 0 saturated carbocycles. The number of para-hydroxylation sites is 1. The highest BCUT2D eigenvalue weighted by Gasteiger charge is 2.24. The average molecular weight is 391 g/mol. The summed E-state index contributed by atoms with van der Waals surface area (Å²) < 4.78 is 27.3. The van der Waals surface area contributed by atoms with Crippen molar-refractivity contribution in [3.8, 4) is 0 Å². The van der Waals surface area contributed by atoms with Gasteiger partial charge in [-0.1, -0.05) is 32.0 Å². The molecule has 1 heterocycles. The lowest BCUT2D eigenvalue weighted by Crippen LogP contribution is -2.34. The maximum absolute atomic E-state index is 13.0. The molecule has 0 saturated heterocycles. The fourth-order valence-electron chi connectivity index (χ4n) is 3.09. The molecule has 0 aliphatic carbocycles. The number of anilines is 2. The second-order valence-corrected chi connectivity index (χ2v) is 9.50. The van der Waals surface area contributed by atoms with Crippen LogP contribution in [-0.2, 0) is 10.0 Å². The SMILES string of the molecule is CCN(c1ccccc1)S(=O)(=O)c1ccc(NCC(C)(C)CN(C)C)nc1. The lowest BCUT2D eigenvalue weighted by molar-refractivity contribution is 0.254. The minimum atomic E-state index is -3.64. The van der Waals surface area contributed by atoms with Crippen LogP contribution in [0.1, 0.15) is 20.8 Å². The van der Waals surface area contributed by atoms with Gasteiger partial charge in [-0.05, 0) is 50.7 Å². The van der Waals surface area contributed by atoms with Crippen LogP contribution in [0.2, 0.25) is 0 Å². The molecule has 6 nitrogen and oxygen atoms in total. The molecular weight excluding hydrogens is 360 g/mol. The first-order valence-electron chi connectivity index (χ1n) is 9.08. The van der Waals surface area contributed by atoms with Crippen LogP contribution in [0.15, 0.2) is 53.6 Å². The molecule has 27 heavy (non-hydrogen) atoms. The molecule has 148 valence electrons. The van der Waals surface area contributed by atoms with Crippen LogP contribution in [0.4, 0.5) is 11.5 Å². The Labute approximate surface area is 163 Å². The Kier molecular flexibility index (Phi) is 6.84. The number of hydrogen-bond acceptors (Lipinski definition) is 5. The second kappa shape index (κ2) is 8.71. The summed E-state index contributed by atoms with van der Waals surface area (Å²) in [5.74, 6) is 0.670. The number of aromatic nitrogens is 1. The molecule has 0 aliphatic rings. The molecule has 0 unspecified atom stereocenters. The van der Waals surface area contributed by atoms with E-state index in [0.29, 0.717) is 18.1 Å². The summed E-state index contributed by atoms with van der Waals surface area (Å²) in [5, 5.41) is 3.30. The molecular formula is C20H30N4O2S. The quantitative estimate of drug-likeness (QED) is 0.712. The molecule has 0 aliphatic heterocycles. The van der Waals surface area contributed by atoms with E-state index < -0.39 is 10.0 Å². The predicted octanol–water partition coefficient (Wildman–Crippen LogP) is 3.30. The van der Waals surface area contributed by atoms with Crippen molar-refractivity contribution >= 4 is 21.5 Å². The van der Waals surface area contributed by atoms with Crippen LogP contribution < -0.4 is 9.62 Å². The summed E-state index contributed by atoms with van der Waals surface area (Å²) in [6.45, 7) is 8.21. The van der Waals surface area contributed by atoms with E-state index >= 15 is 0 Å². The van der Waals surface area contributed by atoms with Gasteiger partial charge in [0.1, 0.15) is 10.7 Å². The first kappa shape index (κ1) is 21.2. The Morgan fingerprint density at radius 2 is 1.74 bits per heavy atom. The lowest BCUT2D eigenvalue weighted by atomic mass is 9.93. The minimum Gasteiger partial charge on any atom is -0.369 e. The van der Waals surface area contributed by atoms with Crippen molar-refractivity contribution in [2.75, 3.05) is 43.4 Å². The van der Waals surface area contributed by atoms with Gasteiger partial charge in [0.25, 0.3) is 10.0 Å². The molecule has 1 aromatic carbocycles. The van der Waals surface area contributed by atoms with Gasteiger partial charge in [0, 0.05) is 25.8 Å². The molecule has 0 atom stereocenters. The van der Waals surface area contributed by atoms with E-state index in [1.54, 1.807) is 24.3 Å². The van der Waals surface area contributed by atoms with Crippen LogP contribution in [-0.4, -0.2) is 52.0 Å². The van der Waals surface area contributed by atoms with Crippen molar-refractivity contribution in [1.29, 1.82) is 0 Å². The van der Waals surface area contributed by atoms with Gasteiger partial charge in [-0.2, -0.15) is 0 Å². The van der Waals surface area contributed by atoms with Gasteiger partial charge in [-0.25, -0.2) is 13.4 Å². The van der Waals surface area contributed by atoms with Gasteiger partial charge < -0.3 is 10.2 Å². The van der Waals surface area contributed by atoms with E-state index in [4.69, 9.17) is 0 Å². The highest BCUT2D eigenvalue weighted by Crippen LogP contribution is 2.23. The largest absolute Gasteiger partial charge is 0.369 e. The van der Waals surface area contributed by atoms with E-state index in [1.807, 2.05) is 39.2 Å². The van der Waals surface area contributed by atoms with E-state index in [1.165, 1.54) is 10.5 Å². The van der Waals surface area contributed by atoms with Gasteiger partial charge in [0.2, 0.25) is 0 Å². The number of benzene rings is 1. The Balaban J connectivity index is 2.14. The van der Waals surface area contributed by atoms with Gasteiger partial charge in [-0.3, -0.25) is 4.31 Å². The molecule has 0 amide bonds. The molecule has 1 N–H and O–H groups in total. The zero-order valence-electron chi connectivity index (χ0n) is 16.8. The highest BCUT2D eigenvalue weighted by molar-refractivity contribution is 7.92.